The summed E-state index contributed by atoms with van der Waals surface area (Å²) in [6.07, 6.45) is 7.09. The van der Waals surface area contributed by atoms with Gasteiger partial charge in [0.1, 0.15) is 0 Å². The molecule has 0 aromatic heterocycles. The summed E-state index contributed by atoms with van der Waals surface area (Å²) in [4.78, 5) is 2.60. The SMILES string of the molecule is C1=CC(c2cccc(-c3ccccc3)c2)(N2CCOCC2)CC1. The third-order valence-corrected chi connectivity index (χ3v) is 5.13. The van der Waals surface area contributed by atoms with Crippen molar-refractivity contribution in [3.05, 3.63) is 72.3 Å². The van der Waals surface area contributed by atoms with Crippen molar-refractivity contribution in [1.29, 1.82) is 0 Å². The van der Waals surface area contributed by atoms with E-state index in [0.29, 0.717) is 0 Å². The standard InChI is InChI=1S/C21H23NO/c1-2-7-18(8-3-1)19-9-6-10-20(17-19)21(11-4-5-12-21)22-13-15-23-16-14-22/h1-4,6-11,17H,5,12-16H2. The Bertz CT molecular complexity index is 688. The van der Waals surface area contributed by atoms with Crippen LogP contribution >= 0.6 is 0 Å². The van der Waals surface area contributed by atoms with Crippen molar-refractivity contribution in [3.63, 3.8) is 0 Å². The minimum atomic E-state index is 0.0502. The monoisotopic (exact) mass is 305 g/mol. The van der Waals surface area contributed by atoms with E-state index < -0.39 is 0 Å². The lowest BCUT2D eigenvalue weighted by atomic mass is 9.85. The lowest BCUT2D eigenvalue weighted by Crippen LogP contribution is -2.49. The molecule has 1 aliphatic carbocycles. The molecule has 0 saturated carbocycles. The predicted octanol–water partition coefficient (Wildman–Crippen LogP) is 4.23. The molecular formula is C21H23NO. The van der Waals surface area contributed by atoms with Gasteiger partial charge >= 0.3 is 0 Å². The summed E-state index contributed by atoms with van der Waals surface area (Å²) in [6, 6.07) is 19.7. The molecule has 2 nitrogen and oxygen atoms in total. The predicted molar refractivity (Wildman–Crippen MR) is 94.3 cm³/mol. The van der Waals surface area contributed by atoms with Crippen molar-refractivity contribution in [3.8, 4) is 11.1 Å². The Kier molecular flexibility index (Phi) is 4.02. The van der Waals surface area contributed by atoms with Gasteiger partial charge in [-0.2, -0.15) is 0 Å². The van der Waals surface area contributed by atoms with Crippen LogP contribution in [0.25, 0.3) is 11.1 Å². The first kappa shape index (κ1) is 14.7. The van der Waals surface area contributed by atoms with E-state index in [1.165, 1.54) is 23.1 Å². The molecule has 2 aromatic rings. The van der Waals surface area contributed by atoms with Crippen LogP contribution in [0.15, 0.2) is 66.7 Å². The second-order valence-corrected chi connectivity index (χ2v) is 6.41. The molecule has 0 N–H and O–H groups in total. The van der Waals surface area contributed by atoms with E-state index in [9.17, 15) is 0 Å². The lowest BCUT2D eigenvalue weighted by Gasteiger charge is -2.43. The van der Waals surface area contributed by atoms with Gasteiger partial charge in [0.15, 0.2) is 0 Å². The second-order valence-electron chi connectivity index (χ2n) is 6.41. The fraction of sp³-hybridized carbons (Fsp3) is 0.333. The van der Waals surface area contributed by atoms with Crippen LogP contribution in [-0.2, 0) is 10.3 Å². The minimum absolute atomic E-state index is 0.0502. The first-order valence-corrected chi connectivity index (χ1v) is 8.55. The van der Waals surface area contributed by atoms with Gasteiger partial charge in [-0.15, -0.1) is 0 Å². The Balaban J connectivity index is 1.74. The second kappa shape index (κ2) is 6.31. The van der Waals surface area contributed by atoms with Gasteiger partial charge in [-0.05, 0) is 35.6 Å². The van der Waals surface area contributed by atoms with E-state index in [1.54, 1.807) is 0 Å². The maximum Gasteiger partial charge on any atom is 0.0650 e. The van der Waals surface area contributed by atoms with E-state index in [0.717, 1.165) is 32.7 Å². The number of hydrogen-bond acceptors (Lipinski definition) is 2. The summed E-state index contributed by atoms with van der Waals surface area (Å²) in [7, 11) is 0. The van der Waals surface area contributed by atoms with E-state index in [-0.39, 0.29) is 5.54 Å². The fourth-order valence-electron chi connectivity index (χ4n) is 3.91. The summed E-state index contributed by atoms with van der Waals surface area (Å²) in [5.74, 6) is 0. The van der Waals surface area contributed by atoms with Crippen LogP contribution in [0.1, 0.15) is 18.4 Å². The van der Waals surface area contributed by atoms with Gasteiger partial charge in [-0.3, -0.25) is 4.90 Å². The van der Waals surface area contributed by atoms with Gasteiger partial charge in [-0.25, -0.2) is 0 Å². The highest BCUT2D eigenvalue weighted by atomic mass is 16.5. The molecule has 2 heteroatoms. The van der Waals surface area contributed by atoms with Crippen LogP contribution in [0, 0.1) is 0 Å². The molecule has 1 aliphatic heterocycles. The molecule has 118 valence electrons. The first-order valence-electron chi connectivity index (χ1n) is 8.55. The summed E-state index contributed by atoms with van der Waals surface area (Å²) >= 11 is 0. The number of morpholine rings is 1. The Labute approximate surface area is 138 Å². The van der Waals surface area contributed by atoms with E-state index in [4.69, 9.17) is 4.74 Å². The topological polar surface area (TPSA) is 12.5 Å². The average molecular weight is 305 g/mol. The molecule has 1 atom stereocenters. The van der Waals surface area contributed by atoms with Gasteiger partial charge in [-0.1, -0.05) is 60.7 Å². The quantitative estimate of drug-likeness (QED) is 0.787. The molecule has 1 unspecified atom stereocenters. The molecule has 2 aromatic carbocycles. The molecule has 0 bridgehead atoms. The van der Waals surface area contributed by atoms with Gasteiger partial charge in [0.2, 0.25) is 0 Å². The maximum absolute atomic E-state index is 5.57. The molecule has 4 rings (SSSR count). The third-order valence-electron chi connectivity index (χ3n) is 5.13. The Morgan fingerprint density at radius 1 is 0.870 bits per heavy atom. The first-order chi connectivity index (χ1) is 11.4. The number of ether oxygens (including phenoxy) is 1. The van der Waals surface area contributed by atoms with Crippen LogP contribution in [0.3, 0.4) is 0 Å². The number of benzene rings is 2. The van der Waals surface area contributed by atoms with Crippen molar-refractivity contribution >= 4 is 0 Å². The summed E-state index contributed by atoms with van der Waals surface area (Å²) in [6.45, 7) is 3.71. The minimum Gasteiger partial charge on any atom is -0.379 e. The van der Waals surface area contributed by atoms with Crippen LogP contribution in [0.5, 0.6) is 0 Å². The van der Waals surface area contributed by atoms with Crippen molar-refractivity contribution in [2.45, 2.75) is 18.4 Å². The molecular weight excluding hydrogens is 282 g/mol. The largest absolute Gasteiger partial charge is 0.379 e. The summed E-state index contributed by atoms with van der Waals surface area (Å²) in [5, 5.41) is 0. The zero-order chi connectivity index (χ0) is 15.5. The highest BCUT2D eigenvalue weighted by Gasteiger charge is 2.38. The van der Waals surface area contributed by atoms with Crippen LogP contribution in [0.2, 0.25) is 0 Å². The van der Waals surface area contributed by atoms with Gasteiger partial charge in [0, 0.05) is 13.1 Å². The lowest BCUT2D eigenvalue weighted by molar-refractivity contribution is -0.00775. The Hall–Kier alpha value is -1.90. The zero-order valence-corrected chi connectivity index (χ0v) is 13.4. The Morgan fingerprint density at radius 2 is 1.65 bits per heavy atom. The molecule has 0 amide bonds. The van der Waals surface area contributed by atoms with Crippen LogP contribution in [-0.4, -0.2) is 31.2 Å². The molecule has 2 aliphatic rings. The van der Waals surface area contributed by atoms with E-state index in [1.807, 2.05) is 0 Å². The fourth-order valence-corrected chi connectivity index (χ4v) is 3.91. The highest BCUT2D eigenvalue weighted by Crippen LogP contribution is 2.40. The van der Waals surface area contributed by atoms with Crippen molar-refractivity contribution < 1.29 is 4.74 Å². The van der Waals surface area contributed by atoms with Crippen LogP contribution in [0.4, 0.5) is 0 Å². The van der Waals surface area contributed by atoms with E-state index >= 15 is 0 Å². The Morgan fingerprint density at radius 3 is 2.39 bits per heavy atom. The number of nitrogens with zero attached hydrogens (tertiary/aromatic N) is 1. The van der Waals surface area contributed by atoms with Gasteiger partial charge in [0.25, 0.3) is 0 Å². The normalized spacial score (nSPS) is 24.9. The third kappa shape index (κ3) is 2.73. The molecule has 0 spiro atoms. The summed E-state index contributed by atoms with van der Waals surface area (Å²) < 4.78 is 5.57. The highest BCUT2D eigenvalue weighted by molar-refractivity contribution is 5.64. The van der Waals surface area contributed by atoms with Crippen molar-refractivity contribution in [2.75, 3.05) is 26.3 Å². The van der Waals surface area contributed by atoms with E-state index in [2.05, 4.69) is 71.6 Å². The molecule has 1 saturated heterocycles. The number of allylic oxidation sites excluding steroid dienone is 1. The van der Waals surface area contributed by atoms with Crippen molar-refractivity contribution in [1.82, 2.24) is 4.90 Å². The smallest absolute Gasteiger partial charge is 0.0650 e. The maximum atomic E-state index is 5.57. The van der Waals surface area contributed by atoms with Crippen LogP contribution < -0.4 is 0 Å². The molecule has 1 fully saturated rings. The number of rotatable bonds is 3. The molecule has 1 heterocycles. The van der Waals surface area contributed by atoms with Gasteiger partial charge in [0.05, 0.1) is 18.8 Å². The molecule has 0 radical (unpaired) electrons. The molecule has 23 heavy (non-hydrogen) atoms. The summed E-state index contributed by atoms with van der Waals surface area (Å²) in [5.41, 5.74) is 4.05. The zero-order valence-electron chi connectivity index (χ0n) is 13.4. The average Bonchev–Trinajstić information content (AvgIpc) is 3.15. The van der Waals surface area contributed by atoms with Gasteiger partial charge < -0.3 is 4.74 Å². The van der Waals surface area contributed by atoms with Crippen molar-refractivity contribution in [2.24, 2.45) is 0 Å². The number of hydrogen-bond donors (Lipinski definition) is 0.